The summed E-state index contributed by atoms with van der Waals surface area (Å²) in [4.78, 5) is 2.39. The molecule has 0 amide bonds. The third kappa shape index (κ3) is 2.81. The number of hydrogen-bond donors (Lipinski definition) is 0. The van der Waals surface area contributed by atoms with Crippen LogP contribution in [-0.4, -0.2) is 6.04 Å². The predicted molar refractivity (Wildman–Crippen MR) is 84.4 cm³/mol. The van der Waals surface area contributed by atoms with Crippen LogP contribution in [0.25, 0.3) is 0 Å². The first-order chi connectivity index (χ1) is 9.00. The summed E-state index contributed by atoms with van der Waals surface area (Å²) in [5.41, 5.74) is 6.63. The topological polar surface area (TPSA) is 3.24 Å². The van der Waals surface area contributed by atoms with E-state index in [1.165, 1.54) is 28.1 Å². The van der Waals surface area contributed by atoms with Crippen LogP contribution in [-0.2, 0) is 0 Å². The maximum Gasteiger partial charge on any atom is 0.0418 e. The number of hydrogen-bond acceptors (Lipinski definition) is 1. The average Bonchev–Trinajstić information content (AvgIpc) is 2.37. The van der Waals surface area contributed by atoms with Crippen LogP contribution in [0.4, 0.5) is 11.4 Å². The van der Waals surface area contributed by atoms with Crippen molar-refractivity contribution in [1.82, 2.24) is 0 Å². The van der Waals surface area contributed by atoms with E-state index in [0.29, 0.717) is 6.04 Å². The lowest BCUT2D eigenvalue weighted by Crippen LogP contribution is -2.25. The molecule has 1 nitrogen and oxygen atoms in total. The summed E-state index contributed by atoms with van der Waals surface area (Å²) in [6, 6.07) is 15.6. The number of aryl methyl sites for hydroxylation is 2. The summed E-state index contributed by atoms with van der Waals surface area (Å²) < 4.78 is 0. The van der Waals surface area contributed by atoms with E-state index in [1.54, 1.807) is 0 Å². The molecule has 0 spiro atoms. The Bertz CT molecular complexity index is 532. The molecule has 100 valence electrons. The fraction of sp³-hybridized carbons (Fsp3) is 0.333. The van der Waals surface area contributed by atoms with Crippen molar-refractivity contribution in [2.75, 3.05) is 4.90 Å². The Balaban J connectivity index is 2.52. The van der Waals surface area contributed by atoms with Gasteiger partial charge in [0.2, 0.25) is 0 Å². The Kier molecular flexibility index (Phi) is 3.94. The first kappa shape index (κ1) is 13.7. The lowest BCUT2D eigenvalue weighted by atomic mass is 10.0. The number of para-hydroxylation sites is 1. The van der Waals surface area contributed by atoms with Crippen molar-refractivity contribution in [3.05, 3.63) is 59.2 Å². The second-order valence-corrected chi connectivity index (χ2v) is 5.50. The van der Waals surface area contributed by atoms with Gasteiger partial charge >= 0.3 is 0 Å². The van der Waals surface area contributed by atoms with Gasteiger partial charge in [0, 0.05) is 17.4 Å². The van der Waals surface area contributed by atoms with E-state index in [0.717, 1.165) is 0 Å². The molecule has 0 unspecified atom stereocenters. The Morgan fingerprint density at radius 2 is 1.32 bits per heavy atom. The van der Waals surface area contributed by atoms with Gasteiger partial charge in [-0.1, -0.05) is 18.2 Å². The second-order valence-electron chi connectivity index (χ2n) is 5.50. The van der Waals surface area contributed by atoms with E-state index in [4.69, 9.17) is 0 Å². The third-order valence-corrected chi connectivity index (χ3v) is 3.74. The minimum atomic E-state index is 0.434. The van der Waals surface area contributed by atoms with Crippen LogP contribution >= 0.6 is 0 Å². The number of nitrogens with zero attached hydrogens (tertiary/aromatic N) is 1. The van der Waals surface area contributed by atoms with Crippen LogP contribution in [0.15, 0.2) is 42.5 Å². The van der Waals surface area contributed by atoms with Crippen molar-refractivity contribution in [2.24, 2.45) is 0 Å². The van der Waals surface area contributed by atoms with Gasteiger partial charge in [0.15, 0.2) is 0 Å². The van der Waals surface area contributed by atoms with Crippen LogP contribution < -0.4 is 4.90 Å². The zero-order chi connectivity index (χ0) is 14.0. The maximum atomic E-state index is 2.39. The summed E-state index contributed by atoms with van der Waals surface area (Å²) in [6.07, 6.45) is 0. The highest BCUT2D eigenvalue weighted by molar-refractivity contribution is 5.66. The molecule has 2 aromatic carbocycles. The van der Waals surface area contributed by atoms with Gasteiger partial charge in [-0.2, -0.15) is 0 Å². The molecule has 0 atom stereocenters. The lowest BCUT2D eigenvalue weighted by Gasteiger charge is -2.30. The average molecular weight is 253 g/mol. The highest BCUT2D eigenvalue weighted by Gasteiger charge is 2.14. The molecule has 0 saturated carbocycles. The minimum Gasteiger partial charge on any atom is -0.339 e. The molecule has 0 fully saturated rings. The SMILES string of the molecule is Cc1cc(N(c2ccccc2)C(C)C)cc(C)c1C. The van der Waals surface area contributed by atoms with Gasteiger partial charge in [-0.15, -0.1) is 0 Å². The molecule has 0 radical (unpaired) electrons. The fourth-order valence-electron chi connectivity index (χ4n) is 2.49. The predicted octanol–water partition coefficient (Wildman–Crippen LogP) is 5.16. The minimum absolute atomic E-state index is 0.434. The molecular weight excluding hydrogens is 230 g/mol. The first-order valence-electron chi connectivity index (χ1n) is 6.93. The highest BCUT2D eigenvalue weighted by atomic mass is 15.2. The molecule has 0 heterocycles. The quantitative estimate of drug-likeness (QED) is 0.730. The largest absolute Gasteiger partial charge is 0.339 e. The van der Waals surface area contributed by atoms with E-state index in [2.05, 4.69) is 82.0 Å². The molecule has 0 aliphatic rings. The maximum absolute atomic E-state index is 2.39. The van der Waals surface area contributed by atoms with Crippen LogP contribution in [0.2, 0.25) is 0 Å². The molecule has 0 aromatic heterocycles. The molecule has 0 saturated heterocycles. The second kappa shape index (κ2) is 5.48. The molecule has 19 heavy (non-hydrogen) atoms. The van der Waals surface area contributed by atoms with Gasteiger partial charge in [0.1, 0.15) is 0 Å². The molecule has 1 heteroatoms. The Morgan fingerprint density at radius 1 is 0.789 bits per heavy atom. The molecule has 0 bridgehead atoms. The standard InChI is InChI=1S/C18H23N/c1-13(2)19(17-9-7-6-8-10-17)18-11-14(3)16(5)15(4)12-18/h6-13H,1-5H3. The number of anilines is 2. The van der Waals surface area contributed by atoms with Crippen molar-refractivity contribution in [3.63, 3.8) is 0 Å². The zero-order valence-electron chi connectivity index (χ0n) is 12.6. The van der Waals surface area contributed by atoms with Gasteiger partial charge < -0.3 is 4.90 Å². The summed E-state index contributed by atoms with van der Waals surface area (Å²) in [5.74, 6) is 0. The van der Waals surface area contributed by atoms with E-state index in [9.17, 15) is 0 Å². The number of benzene rings is 2. The Hall–Kier alpha value is -1.76. The fourth-order valence-corrected chi connectivity index (χ4v) is 2.49. The smallest absolute Gasteiger partial charge is 0.0418 e. The van der Waals surface area contributed by atoms with Crippen molar-refractivity contribution in [2.45, 2.75) is 40.7 Å². The third-order valence-electron chi connectivity index (χ3n) is 3.74. The van der Waals surface area contributed by atoms with Gasteiger partial charge in [0.05, 0.1) is 0 Å². The molecule has 2 aromatic rings. The molecule has 0 N–H and O–H groups in total. The summed E-state index contributed by atoms with van der Waals surface area (Å²) in [6.45, 7) is 11.0. The van der Waals surface area contributed by atoms with Crippen molar-refractivity contribution < 1.29 is 0 Å². The molecule has 0 aliphatic carbocycles. The van der Waals surface area contributed by atoms with Gasteiger partial charge in [0.25, 0.3) is 0 Å². The Labute approximate surface area is 116 Å². The molecule has 0 aliphatic heterocycles. The van der Waals surface area contributed by atoms with Crippen molar-refractivity contribution in [1.29, 1.82) is 0 Å². The normalized spacial score (nSPS) is 10.8. The number of rotatable bonds is 3. The Morgan fingerprint density at radius 3 is 1.79 bits per heavy atom. The first-order valence-corrected chi connectivity index (χ1v) is 6.93. The van der Waals surface area contributed by atoms with Crippen LogP contribution in [0.5, 0.6) is 0 Å². The van der Waals surface area contributed by atoms with Crippen molar-refractivity contribution >= 4 is 11.4 Å². The highest BCUT2D eigenvalue weighted by Crippen LogP contribution is 2.30. The molecule has 2 rings (SSSR count). The summed E-state index contributed by atoms with van der Waals surface area (Å²) >= 11 is 0. The van der Waals surface area contributed by atoms with E-state index in [1.807, 2.05) is 0 Å². The van der Waals surface area contributed by atoms with Crippen molar-refractivity contribution in [3.8, 4) is 0 Å². The van der Waals surface area contributed by atoms with Gasteiger partial charge in [-0.3, -0.25) is 0 Å². The summed E-state index contributed by atoms with van der Waals surface area (Å²) in [7, 11) is 0. The van der Waals surface area contributed by atoms with E-state index in [-0.39, 0.29) is 0 Å². The zero-order valence-corrected chi connectivity index (χ0v) is 12.6. The molecular formula is C18H23N. The monoisotopic (exact) mass is 253 g/mol. The summed E-state index contributed by atoms with van der Waals surface area (Å²) in [5, 5.41) is 0. The van der Waals surface area contributed by atoms with Crippen LogP contribution in [0.3, 0.4) is 0 Å². The lowest BCUT2D eigenvalue weighted by molar-refractivity contribution is 0.788. The van der Waals surface area contributed by atoms with E-state index < -0.39 is 0 Å². The van der Waals surface area contributed by atoms with Crippen LogP contribution in [0.1, 0.15) is 30.5 Å². The van der Waals surface area contributed by atoms with E-state index >= 15 is 0 Å². The van der Waals surface area contributed by atoms with Crippen LogP contribution in [0, 0.1) is 20.8 Å². The van der Waals surface area contributed by atoms with Gasteiger partial charge in [-0.25, -0.2) is 0 Å². The van der Waals surface area contributed by atoms with Gasteiger partial charge in [-0.05, 0) is 75.6 Å².